The molecule has 25 heavy (non-hydrogen) atoms. The lowest BCUT2D eigenvalue weighted by molar-refractivity contribution is -0.130. The van der Waals surface area contributed by atoms with Crippen molar-refractivity contribution in [2.75, 3.05) is 39.9 Å². The third-order valence-corrected chi connectivity index (χ3v) is 5.07. The Bertz CT molecular complexity index is 611. The van der Waals surface area contributed by atoms with E-state index in [4.69, 9.17) is 9.47 Å². The average molecular weight is 346 g/mol. The number of benzene rings is 1. The molecule has 1 atom stereocenters. The lowest BCUT2D eigenvalue weighted by atomic mass is 9.96. The molecular weight excluding hydrogens is 320 g/mol. The predicted molar refractivity (Wildman–Crippen MR) is 93.4 cm³/mol. The van der Waals surface area contributed by atoms with Gasteiger partial charge in [-0.15, -0.1) is 0 Å². The monoisotopic (exact) mass is 346 g/mol. The van der Waals surface area contributed by atoms with Gasteiger partial charge in [-0.3, -0.25) is 4.79 Å². The molecule has 1 aromatic rings. The van der Waals surface area contributed by atoms with Crippen LogP contribution in [-0.2, 0) is 20.7 Å². The van der Waals surface area contributed by atoms with E-state index in [1.165, 1.54) is 0 Å². The second-order valence-corrected chi connectivity index (χ2v) is 6.78. The first-order valence-electron chi connectivity index (χ1n) is 8.95. The molecule has 0 saturated carbocycles. The van der Waals surface area contributed by atoms with Crippen molar-refractivity contribution in [3.63, 3.8) is 0 Å². The summed E-state index contributed by atoms with van der Waals surface area (Å²) < 4.78 is 10.4. The van der Waals surface area contributed by atoms with Gasteiger partial charge in [-0.25, -0.2) is 4.79 Å². The van der Waals surface area contributed by atoms with Crippen LogP contribution < -0.4 is 5.32 Å². The van der Waals surface area contributed by atoms with Crippen molar-refractivity contribution in [1.82, 2.24) is 10.2 Å². The number of nitrogens with zero attached hydrogens (tertiary/aromatic N) is 1. The van der Waals surface area contributed by atoms with Crippen LogP contribution in [0.15, 0.2) is 24.3 Å². The average Bonchev–Trinajstić information content (AvgIpc) is 2.65. The van der Waals surface area contributed by atoms with E-state index >= 15 is 0 Å². The van der Waals surface area contributed by atoms with Crippen LogP contribution in [0.5, 0.6) is 0 Å². The van der Waals surface area contributed by atoms with Crippen molar-refractivity contribution in [2.45, 2.75) is 25.4 Å². The number of likely N-dealkylation sites (tertiary alicyclic amines) is 1. The van der Waals surface area contributed by atoms with Gasteiger partial charge < -0.3 is 19.7 Å². The predicted octanol–water partition coefficient (Wildman–Crippen LogP) is 1.24. The quantitative estimate of drug-likeness (QED) is 0.785. The van der Waals surface area contributed by atoms with Crippen molar-refractivity contribution in [1.29, 1.82) is 0 Å². The molecule has 0 aromatic heterocycles. The molecule has 6 nitrogen and oxygen atoms in total. The van der Waals surface area contributed by atoms with Crippen LogP contribution in [0, 0.1) is 5.92 Å². The van der Waals surface area contributed by atoms with E-state index in [9.17, 15) is 9.59 Å². The highest BCUT2D eigenvalue weighted by molar-refractivity contribution is 5.95. The first-order valence-corrected chi connectivity index (χ1v) is 8.95. The number of ether oxygens (including phenoxy) is 2. The summed E-state index contributed by atoms with van der Waals surface area (Å²) in [4.78, 5) is 26.8. The van der Waals surface area contributed by atoms with Crippen LogP contribution in [0.2, 0.25) is 0 Å². The summed E-state index contributed by atoms with van der Waals surface area (Å²) in [5, 5.41) is 2.97. The van der Waals surface area contributed by atoms with Crippen LogP contribution in [-0.4, -0.2) is 62.8 Å². The fraction of sp³-hybridized carbons (Fsp3) is 0.579. The molecule has 1 fully saturated rings. The summed E-state index contributed by atoms with van der Waals surface area (Å²) in [6.07, 6.45) is 1.86. The lowest BCUT2D eigenvalue weighted by Gasteiger charge is -2.32. The number of nitrogens with one attached hydrogen (secondary N) is 1. The maximum atomic E-state index is 12.4. The van der Waals surface area contributed by atoms with Gasteiger partial charge in [-0.05, 0) is 43.5 Å². The van der Waals surface area contributed by atoms with Crippen molar-refractivity contribution in [2.24, 2.45) is 5.92 Å². The highest BCUT2D eigenvalue weighted by atomic mass is 16.5. The standard InChI is InChI=1S/C19H26N2O4/c1-24-11-10-21-8-6-14(7-9-21)13-20-18(22)17-12-15-4-2-3-5-16(15)19(23)25-17/h2-5,14,17H,6-13H2,1H3,(H,20,22)/t17-/m0/s1. The number of carbonyl (C=O) groups is 2. The van der Waals surface area contributed by atoms with Gasteiger partial charge in [-0.2, -0.15) is 0 Å². The Morgan fingerprint density at radius 2 is 2.08 bits per heavy atom. The topological polar surface area (TPSA) is 67.9 Å². The minimum absolute atomic E-state index is 0.190. The molecule has 1 N–H and O–H groups in total. The van der Waals surface area contributed by atoms with Crippen LogP contribution >= 0.6 is 0 Å². The largest absolute Gasteiger partial charge is 0.448 e. The molecule has 1 aromatic carbocycles. The molecule has 0 unspecified atom stereocenters. The van der Waals surface area contributed by atoms with E-state index in [1.54, 1.807) is 19.2 Å². The van der Waals surface area contributed by atoms with Gasteiger partial charge in [-0.1, -0.05) is 18.2 Å². The van der Waals surface area contributed by atoms with E-state index in [-0.39, 0.29) is 5.91 Å². The first-order chi connectivity index (χ1) is 12.2. The van der Waals surface area contributed by atoms with Gasteiger partial charge in [0.25, 0.3) is 5.91 Å². The molecule has 3 rings (SSSR count). The maximum Gasteiger partial charge on any atom is 0.339 e. The Labute approximate surface area is 148 Å². The summed E-state index contributed by atoms with van der Waals surface area (Å²) in [6, 6.07) is 7.30. The van der Waals surface area contributed by atoms with Crippen LogP contribution in [0.25, 0.3) is 0 Å². The second-order valence-electron chi connectivity index (χ2n) is 6.78. The third-order valence-electron chi connectivity index (χ3n) is 5.07. The number of methoxy groups -OCH3 is 1. The number of amides is 1. The molecule has 0 aliphatic carbocycles. The number of esters is 1. The molecule has 2 heterocycles. The van der Waals surface area contributed by atoms with E-state index in [1.807, 2.05) is 12.1 Å². The zero-order chi connectivity index (χ0) is 17.6. The summed E-state index contributed by atoms with van der Waals surface area (Å²) in [6.45, 7) is 4.45. The lowest BCUT2D eigenvalue weighted by Crippen LogP contribution is -2.45. The highest BCUT2D eigenvalue weighted by Gasteiger charge is 2.31. The van der Waals surface area contributed by atoms with Crippen LogP contribution in [0.3, 0.4) is 0 Å². The normalized spacial score (nSPS) is 21.5. The van der Waals surface area contributed by atoms with Crippen molar-refractivity contribution < 1.29 is 19.1 Å². The van der Waals surface area contributed by atoms with Gasteiger partial charge in [0.2, 0.25) is 0 Å². The summed E-state index contributed by atoms with van der Waals surface area (Å²) in [5.41, 5.74) is 1.44. The summed E-state index contributed by atoms with van der Waals surface area (Å²) >= 11 is 0. The molecule has 0 radical (unpaired) electrons. The van der Waals surface area contributed by atoms with E-state index < -0.39 is 12.1 Å². The Hall–Kier alpha value is -1.92. The van der Waals surface area contributed by atoms with Crippen molar-refractivity contribution >= 4 is 11.9 Å². The summed E-state index contributed by atoms with van der Waals surface area (Å²) in [5.74, 6) is -0.118. The second kappa shape index (κ2) is 8.45. The van der Waals surface area contributed by atoms with Crippen LogP contribution in [0.4, 0.5) is 0 Å². The number of fused-ring (bicyclic) bond motifs is 1. The van der Waals surface area contributed by atoms with Crippen molar-refractivity contribution in [3.8, 4) is 0 Å². The van der Waals surface area contributed by atoms with Gasteiger partial charge in [0.05, 0.1) is 12.2 Å². The van der Waals surface area contributed by atoms with Gasteiger partial charge >= 0.3 is 5.97 Å². The van der Waals surface area contributed by atoms with Gasteiger partial charge in [0, 0.05) is 26.6 Å². The van der Waals surface area contributed by atoms with E-state index in [2.05, 4.69) is 10.2 Å². The molecule has 136 valence electrons. The molecular formula is C19H26N2O4. The number of carbonyl (C=O) groups excluding carboxylic acids is 2. The molecule has 2 aliphatic heterocycles. The smallest absolute Gasteiger partial charge is 0.339 e. The van der Waals surface area contributed by atoms with Crippen molar-refractivity contribution in [3.05, 3.63) is 35.4 Å². The number of rotatable bonds is 6. The molecule has 0 bridgehead atoms. The number of hydrogen-bond donors (Lipinski definition) is 1. The zero-order valence-electron chi connectivity index (χ0n) is 14.7. The Morgan fingerprint density at radius 1 is 1.32 bits per heavy atom. The molecule has 6 heteroatoms. The highest BCUT2D eigenvalue weighted by Crippen LogP contribution is 2.21. The Morgan fingerprint density at radius 3 is 2.84 bits per heavy atom. The zero-order valence-corrected chi connectivity index (χ0v) is 14.7. The molecule has 1 amide bonds. The van der Waals surface area contributed by atoms with E-state index in [0.717, 1.165) is 44.6 Å². The molecule has 1 saturated heterocycles. The first kappa shape index (κ1) is 17.9. The Kier molecular flexibility index (Phi) is 6.04. The minimum atomic E-state index is -0.718. The van der Waals surface area contributed by atoms with E-state index in [0.29, 0.717) is 24.4 Å². The number of hydrogen-bond acceptors (Lipinski definition) is 5. The maximum absolute atomic E-state index is 12.4. The number of piperidine rings is 1. The summed E-state index contributed by atoms with van der Waals surface area (Å²) in [7, 11) is 1.72. The molecule has 2 aliphatic rings. The number of cyclic esters (lactones) is 1. The Balaban J connectivity index is 1.44. The molecule has 0 spiro atoms. The van der Waals surface area contributed by atoms with Gasteiger partial charge in [0.15, 0.2) is 6.10 Å². The minimum Gasteiger partial charge on any atom is -0.448 e. The third kappa shape index (κ3) is 4.58. The van der Waals surface area contributed by atoms with Gasteiger partial charge in [0.1, 0.15) is 0 Å². The fourth-order valence-corrected chi connectivity index (χ4v) is 3.47. The van der Waals surface area contributed by atoms with Crippen LogP contribution in [0.1, 0.15) is 28.8 Å². The SMILES string of the molecule is COCCN1CCC(CNC(=O)[C@@H]2Cc3ccccc3C(=O)O2)CC1. The fourth-order valence-electron chi connectivity index (χ4n) is 3.47.